The van der Waals surface area contributed by atoms with E-state index >= 15 is 0 Å². The first-order valence-corrected chi connectivity index (χ1v) is 6.72. The van der Waals surface area contributed by atoms with E-state index in [1.165, 1.54) is 4.68 Å². The molecule has 0 fully saturated rings. The number of aryl methyl sites for hydroxylation is 1. The Morgan fingerprint density at radius 1 is 1.18 bits per heavy atom. The van der Waals surface area contributed by atoms with E-state index in [0.29, 0.717) is 35.6 Å². The number of benzene rings is 2. The van der Waals surface area contributed by atoms with E-state index in [-0.39, 0.29) is 0 Å². The Labute approximate surface area is 125 Å². The molecule has 2 aromatic carbocycles. The number of hydrogen-bond donors (Lipinski definition) is 1. The fraction of sp³-hybridized carbons (Fsp3) is 0.200. The summed E-state index contributed by atoms with van der Waals surface area (Å²) in [5, 5.41) is 7.68. The molecular weight excluding hydrogens is 290 g/mol. The van der Waals surface area contributed by atoms with E-state index in [1.807, 2.05) is 13.0 Å². The lowest BCUT2D eigenvalue weighted by Crippen LogP contribution is -2.10. The molecule has 1 heterocycles. The number of fused-ring (bicyclic) bond motifs is 1. The van der Waals surface area contributed by atoms with Gasteiger partial charge in [-0.15, -0.1) is 5.10 Å². The molecule has 2 N–H and O–H groups in total. The lowest BCUT2D eigenvalue weighted by molar-refractivity contribution is 0.292. The molecule has 0 aliphatic carbocycles. The predicted octanol–water partition coefficient (Wildman–Crippen LogP) is 2.68. The normalized spacial score (nSPS) is 11.0. The van der Waals surface area contributed by atoms with Gasteiger partial charge in [0.25, 0.3) is 0 Å². The van der Waals surface area contributed by atoms with Crippen molar-refractivity contribution in [2.45, 2.75) is 13.5 Å². The van der Waals surface area contributed by atoms with Crippen molar-refractivity contribution in [2.75, 3.05) is 12.3 Å². The van der Waals surface area contributed by atoms with E-state index in [9.17, 15) is 8.78 Å². The summed E-state index contributed by atoms with van der Waals surface area (Å²) in [4.78, 5) is 0. The molecule has 0 aliphatic rings. The van der Waals surface area contributed by atoms with Gasteiger partial charge in [-0.1, -0.05) is 5.21 Å². The molecule has 0 aliphatic heterocycles. The smallest absolute Gasteiger partial charge is 0.161 e. The number of anilines is 1. The molecule has 0 atom stereocenters. The van der Waals surface area contributed by atoms with Crippen molar-refractivity contribution < 1.29 is 13.5 Å². The van der Waals surface area contributed by atoms with Crippen LogP contribution in [0.25, 0.3) is 11.0 Å². The Bertz CT molecular complexity index is 832. The van der Waals surface area contributed by atoms with E-state index in [2.05, 4.69) is 10.3 Å². The molecule has 0 radical (unpaired) electrons. The largest absolute Gasteiger partial charge is 0.492 e. The maximum atomic E-state index is 13.3. The Kier molecular flexibility index (Phi) is 3.62. The van der Waals surface area contributed by atoms with Crippen LogP contribution in [0.1, 0.15) is 5.56 Å². The minimum absolute atomic E-state index is 0.308. The molecule has 3 rings (SSSR count). The standard InChI is InChI=1S/C15H14F2N4O/c1-9-6-10(2-3-13(9)18)22-5-4-21-15-8-12(17)11(16)7-14(15)19-20-21/h2-3,6-8H,4-5,18H2,1H3. The van der Waals surface area contributed by atoms with Gasteiger partial charge >= 0.3 is 0 Å². The lowest BCUT2D eigenvalue weighted by atomic mass is 10.2. The van der Waals surface area contributed by atoms with Gasteiger partial charge in [-0.2, -0.15) is 0 Å². The van der Waals surface area contributed by atoms with Crippen molar-refractivity contribution in [3.63, 3.8) is 0 Å². The number of halogens is 2. The molecule has 5 nitrogen and oxygen atoms in total. The highest BCUT2D eigenvalue weighted by atomic mass is 19.2. The highest BCUT2D eigenvalue weighted by molar-refractivity contribution is 5.74. The molecule has 7 heteroatoms. The number of nitrogen functional groups attached to an aromatic ring is 1. The summed E-state index contributed by atoms with van der Waals surface area (Å²) < 4.78 is 33.5. The second kappa shape index (κ2) is 5.59. The predicted molar refractivity (Wildman–Crippen MR) is 78.5 cm³/mol. The minimum atomic E-state index is -0.937. The molecular formula is C15H14F2N4O. The molecule has 0 saturated heterocycles. The average Bonchev–Trinajstić information content (AvgIpc) is 2.86. The Hall–Kier alpha value is -2.70. The third-order valence-corrected chi connectivity index (χ3v) is 3.37. The second-order valence-electron chi connectivity index (χ2n) is 4.93. The van der Waals surface area contributed by atoms with Gasteiger partial charge in [0.15, 0.2) is 11.6 Å². The maximum Gasteiger partial charge on any atom is 0.161 e. The fourth-order valence-corrected chi connectivity index (χ4v) is 2.12. The van der Waals surface area contributed by atoms with Crippen molar-refractivity contribution in [1.29, 1.82) is 0 Å². The second-order valence-corrected chi connectivity index (χ2v) is 4.93. The van der Waals surface area contributed by atoms with Gasteiger partial charge in [-0.3, -0.25) is 0 Å². The van der Waals surface area contributed by atoms with Crippen LogP contribution in [-0.4, -0.2) is 21.6 Å². The highest BCUT2D eigenvalue weighted by Gasteiger charge is 2.10. The highest BCUT2D eigenvalue weighted by Crippen LogP contribution is 2.19. The van der Waals surface area contributed by atoms with E-state index in [0.717, 1.165) is 17.7 Å². The summed E-state index contributed by atoms with van der Waals surface area (Å²) >= 11 is 0. The SMILES string of the molecule is Cc1cc(OCCn2nnc3cc(F)c(F)cc32)ccc1N. The zero-order chi connectivity index (χ0) is 15.7. The van der Waals surface area contributed by atoms with E-state index in [1.54, 1.807) is 12.1 Å². The zero-order valence-corrected chi connectivity index (χ0v) is 11.9. The maximum absolute atomic E-state index is 13.3. The number of aromatic nitrogens is 3. The molecule has 22 heavy (non-hydrogen) atoms. The molecule has 0 spiro atoms. The minimum Gasteiger partial charge on any atom is -0.492 e. The molecule has 0 unspecified atom stereocenters. The van der Waals surface area contributed by atoms with Crippen molar-refractivity contribution in [3.05, 3.63) is 47.5 Å². The first kappa shape index (κ1) is 14.2. The van der Waals surface area contributed by atoms with Crippen LogP contribution in [-0.2, 0) is 6.54 Å². The topological polar surface area (TPSA) is 66.0 Å². The van der Waals surface area contributed by atoms with Crippen LogP contribution in [0.4, 0.5) is 14.5 Å². The van der Waals surface area contributed by atoms with Gasteiger partial charge in [0.1, 0.15) is 17.9 Å². The monoisotopic (exact) mass is 304 g/mol. The van der Waals surface area contributed by atoms with Gasteiger partial charge in [-0.05, 0) is 30.7 Å². The van der Waals surface area contributed by atoms with E-state index < -0.39 is 11.6 Å². The van der Waals surface area contributed by atoms with Crippen LogP contribution < -0.4 is 10.5 Å². The van der Waals surface area contributed by atoms with Crippen molar-refractivity contribution in [2.24, 2.45) is 0 Å². The summed E-state index contributed by atoms with van der Waals surface area (Å²) in [6.45, 7) is 2.58. The fourth-order valence-electron chi connectivity index (χ4n) is 2.12. The molecule has 0 amide bonds. The van der Waals surface area contributed by atoms with Crippen LogP contribution >= 0.6 is 0 Å². The lowest BCUT2D eigenvalue weighted by Gasteiger charge is -2.08. The first-order valence-electron chi connectivity index (χ1n) is 6.72. The van der Waals surface area contributed by atoms with Gasteiger partial charge in [0.2, 0.25) is 0 Å². The van der Waals surface area contributed by atoms with Crippen LogP contribution in [0, 0.1) is 18.6 Å². The average molecular weight is 304 g/mol. The Morgan fingerprint density at radius 2 is 1.95 bits per heavy atom. The molecule has 1 aromatic heterocycles. The summed E-state index contributed by atoms with van der Waals surface area (Å²) in [6, 6.07) is 7.49. The molecule has 114 valence electrons. The van der Waals surface area contributed by atoms with Crippen molar-refractivity contribution >= 4 is 16.7 Å². The molecule has 0 saturated carbocycles. The van der Waals surface area contributed by atoms with Gasteiger partial charge < -0.3 is 10.5 Å². The zero-order valence-electron chi connectivity index (χ0n) is 11.9. The Balaban J connectivity index is 1.71. The number of ether oxygens (including phenoxy) is 1. The first-order chi connectivity index (χ1) is 10.5. The molecule has 3 aromatic rings. The summed E-state index contributed by atoms with van der Waals surface area (Å²) in [5.74, 6) is -1.17. The van der Waals surface area contributed by atoms with Crippen LogP contribution in [0.15, 0.2) is 30.3 Å². The van der Waals surface area contributed by atoms with Crippen molar-refractivity contribution in [3.8, 4) is 5.75 Å². The van der Waals surface area contributed by atoms with Crippen LogP contribution in [0.5, 0.6) is 5.75 Å². The molecule has 0 bridgehead atoms. The number of hydrogen-bond acceptors (Lipinski definition) is 4. The van der Waals surface area contributed by atoms with Crippen LogP contribution in [0.3, 0.4) is 0 Å². The third kappa shape index (κ3) is 2.69. The summed E-state index contributed by atoms with van der Waals surface area (Å²) in [7, 11) is 0. The quantitative estimate of drug-likeness (QED) is 0.753. The summed E-state index contributed by atoms with van der Waals surface area (Å²) in [5.41, 5.74) is 8.11. The number of nitrogens with zero attached hydrogens (tertiary/aromatic N) is 3. The number of nitrogens with two attached hydrogens (primary N) is 1. The third-order valence-electron chi connectivity index (χ3n) is 3.37. The summed E-state index contributed by atoms with van der Waals surface area (Å²) in [6.07, 6.45) is 0. The van der Waals surface area contributed by atoms with E-state index in [4.69, 9.17) is 10.5 Å². The Morgan fingerprint density at radius 3 is 2.73 bits per heavy atom. The van der Waals surface area contributed by atoms with Gasteiger partial charge in [-0.25, -0.2) is 13.5 Å². The van der Waals surface area contributed by atoms with Gasteiger partial charge in [0, 0.05) is 17.8 Å². The van der Waals surface area contributed by atoms with Crippen LogP contribution in [0.2, 0.25) is 0 Å². The number of rotatable bonds is 4. The van der Waals surface area contributed by atoms with Gasteiger partial charge in [0.05, 0.1) is 12.1 Å². The van der Waals surface area contributed by atoms with Crippen molar-refractivity contribution in [1.82, 2.24) is 15.0 Å².